The number of para-hydroxylation sites is 1. The smallest absolute Gasteiger partial charge is 0.166 e. The molecule has 76 valence electrons. The van der Waals surface area contributed by atoms with Crippen LogP contribution in [0.1, 0.15) is 6.92 Å². The van der Waals surface area contributed by atoms with Crippen molar-refractivity contribution in [1.29, 1.82) is 0 Å². The van der Waals surface area contributed by atoms with E-state index in [-0.39, 0.29) is 0 Å². The summed E-state index contributed by atoms with van der Waals surface area (Å²) in [4.78, 5) is 5.42. The van der Waals surface area contributed by atoms with Gasteiger partial charge in [0.05, 0.1) is 18.1 Å². The Hall–Kier alpha value is -0.970. The van der Waals surface area contributed by atoms with E-state index < -0.39 is 6.10 Å². The predicted octanol–water partition coefficient (Wildman–Crippen LogP) is 2.54. The maximum atomic E-state index is 9.06. The summed E-state index contributed by atoms with van der Waals surface area (Å²) in [5.74, 6) is 0.610. The molecular weight excluding hydrogens is 200 g/mol. The van der Waals surface area contributed by atoms with Gasteiger partial charge in [0, 0.05) is 4.91 Å². The molecule has 1 atom stereocenters. The minimum absolute atomic E-state index is 0.501. The third-order valence-electron chi connectivity index (χ3n) is 1.48. The molecule has 1 rings (SSSR count). The molecule has 1 N–H and O–H groups in total. The fourth-order valence-electron chi connectivity index (χ4n) is 0.646. The first-order chi connectivity index (χ1) is 6.70. The number of hydrogen-bond acceptors (Lipinski definition) is 4. The van der Waals surface area contributed by atoms with Gasteiger partial charge in [-0.1, -0.05) is 24.8 Å². The van der Waals surface area contributed by atoms with Crippen LogP contribution in [0.25, 0.3) is 0 Å². The fraction of sp³-hybridized carbons (Fsp3) is 0.200. The van der Waals surface area contributed by atoms with Gasteiger partial charge in [0.15, 0.2) is 5.75 Å². The van der Waals surface area contributed by atoms with Gasteiger partial charge >= 0.3 is 0 Å². The van der Waals surface area contributed by atoms with Crippen molar-refractivity contribution in [2.75, 3.05) is 0 Å². The lowest BCUT2D eigenvalue weighted by Crippen LogP contribution is -2.01. The summed E-state index contributed by atoms with van der Waals surface area (Å²) in [6, 6.07) is 9.10. The predicted molar refractivity (Wildman–Crippen MR) is 56.6 cm³/mol. The van der Waals surface area contributed by atoms with Crippen molar-refractivity contribution in [3.05, 3.63) is 41.8 Å². The van der Waals surface area contributed by atoms with Crippen molar-refractivity contribution in [3.63, 3.8) is 0 Å². The van der Waals surface area contributed by atoms with Crippen LogP contribution >= 0.6 is 12.0 Å². The van der Waals surface area contributed by atoms with E-state index in [1.54, 1.807) is 19.1 Å². The standard InChI is InChI=1S/C10H12O3S/c1-8(11)9(2)14-13-12-10-6-4-3-5-7-10/h3-8,11H,2H2,1H3. The van der Waals surface area contributed by atoms with E-state index in [1.165, 1.54) is 0 Å². The van der Waals surface area contributed by atoms with Crippen LogP contribution in [0, 0.1) is 0 Å². The van der Waals surface area contributed by atoms with E-state index in [0.717, 1.165) is 12.0 Å². The summed E-state index contributed by atoms with van der Waals surface area (Å²) >= 11 is 0.913. The van der Waals surface area contributed by atoms with Crippen molar-refractivity contribution in [3.8, 4) is 5.75 Å². The van der Waals surface area contributed by atoms with Crippen LogP contribution in [0.3, 0.4) is 0 Å². The van der Waals surface area contributed by atoms with E-state index in [9.17, 15) is 0 Å². The zero-order chi connectivity index (χ0) is 10.4. The molecule has 3 nitrogen and oxygen atoms in total. The molecular formula is C10H12O3S. The lowest BCUT2D eigenvalue weighted by molar-refractivity contribution is -0.0772. The lowest BCUT2D eigenvalue weighted by atomic mass is 10.3. The largest absolute Gasteiger partial charge is 0.388 e. The third kappa shape index (κ3) is 3.83. The highest BCUT2D eigenvalue weighted by Gasteiger charge is 2.04. The number of benzene rings is 1. The molecule has 1 unspecified atom stereocenters. The number of aliphatic hydroxyl groups excluding tert-OH is 1. The van der Waals surface area contributed by atoms with Crippen molar-refractivity contribution >= 4 is 12.0 Å². The Morgan fingerprint density at radius 1 is 1.43 bits per heavy atom. The van der Waals surface area contributed by atoms with E-state index in [0.29, 0.717) is 10.7 Å². The Morgan fingerprint density at radius 2 is 2.07 bits per heavy atom. The summed E-state index contributed by atoms with van der Waals surface area (Å²) in [5, 5.41) is 9.06. The number of hydrogen-bond donors (Lipinski definition) is 1. The summed E-state index contributed by atoms with van der Waals surface area (Å²) in [7, 11) is 0. The molecule has 0 saturated carbocycles. The quantitative estimate of drug-likeness (QED) is 0.462. The Labute approximate surface area is 87.5 Å². The van der Waals surface area contributed by atoms with Gasteiger partial charge in [-0.25, -0.2) is 0 Å². The topological polar surface area (TPSA) is 38.7 Å². The molecule has 1 aromatic rings. The van der Waals surface area contributed by atoms with Crippen LogP contribution in [0.2, 0.25) is 0 Å². The molecule has 0 spiro atoms. The molecule has 0 bridgehead atoms. The van der Waals surface area contributed by atoms with Gasteiger partial charge in [-0.2, -0.15) is 0 Å². The minimum Gasteiger partial charge on any atom is -0.388 e. The second-order valence-corrected chi connectivity index (χ2v) is 3.52. The maximum Gasteiger partial charge on any atom is 0.166 e. The van der Waals surface area contributed by atoms with Crippen molar-refractivity contribution < 1.29 is 14.3 Å². The van der Waals surface area contributed by atoms with Crippen LogP contribution in [0.5, 0.6) is 5.75 Å². The fourth-order valence-corrected chi connectivity index (χ4v) is 0.985. The van der Waals surface area contributed by atoms with E-state index in [4.69, 9.17) is 14.3 Å². The minimum atomic E-state index is -0.612. The molecule has 0 amide bonds. The molecule has 0 aromatic heterocycles. The first-order valence-electron chi connectivity index (χ1n) is 4.13. The molecule has 0 saturated heterocycles. The first kappa shape index (κ1) is 11.1. The van der Waals surface area contributed by atoms with E-state index in [2.05, 4.69) is 6.58 Å². The van der Waals surface area contributed by atoms with Crippen LogP contribution in [-0.2, 0) is 4.33 Å². The average molecular weight is 212 g/mol. The zero-order valence-corrected chi connectivity index (χ0v) is 8.66. The van der Waals surface area contributed by atoms with Crippen LogP contribution in [-0.4, -0.2) is 11.2 Å². The second-order valence-electron chi connectivity index (χ2n) is 2.69. The Bertz CT molecular complexity index is 285. The molecule has 0 aliphatic rings. The highest BCUT2D eigenvalue weighted by molar-refractivity contribution is 7.98. The molecule has 0 aliphatic heterocycles. The highest BCUT2D eigenvalue weighted by Crippen LogP contribution is 2.20. The van der Waals surface area contributed by atoms with Crippen molar-refractivity contribution in [2.45, 2.75) is 13.0 Å². The molecule has 4 heteroatoms. The summed E-state index contributed by atoms with van der Waals surface area (Å²) < 4.78 is 4.80. The summed E-state index contributed by atoms with van der Waals surface area (Å²) in [6.45, 7) is 5.21. The maximum absolute atomic E-state index is 9.06. The van der Waals surface area contributed by atoms with Gasteiger partial charge < -0.3 is 9.99 Å². The molecule has 1 aromatic carbocycles. The summed E-state index contributed by atoms with van der Waals surface area (Å²) in [6.07, 6.45) is -0.612. The molecule has 14 heavy (non-hydrogen) atoms. The Morgan fingerprint density at radius 3 is 2.64 bits per heavy atom. The van der Waals surface area contributed by atoms with E-state index in [1.807, 2.05) is 18.2 Å². The summed E-state index contributed by atoms with van der Waals surface area (Å²) in [5.41, 5.74) is 0. The van der Waals surface area contributed by atoms with Gasteiger partial charge in [-0.15, -0.1) is 4.33 Å². The monoisotopic (exact) mass is 212 g/mol. The first-order valence-corrected chi connectivity index (χ1v) is 4.87. The third-order valence-corrected chi connectivity index (χ3v) is 2.17. The normalized spacial score (nSPS) is 12.1. The average Bonchev–Trinajstić information content (AvgIpc) is 2.19. The SMILES string of the molecule is C=C(SOOc1ccccc1)C(C)O. The highest BCUT2D eigenvalue weighted by atomic mass is 32.2. The number of aliphatic hydroxyl groups is 1. The van der Waals surface area contributed by atoms with Crippen molar-refractivity contribution in [1.82, 2.24) is 0 Å². The van der Waals surface area contributed by atoms with Crippen LogP contribution < -0.4 is 4.89 Å². The molecule has 0 fully saturated rings. The number of rotatable bonds is 5. The van der Waals surface area contributed by atoms with Gasteiger partial charge in [0.2, 0.25) is 0 Å². The van der Waals surface area contributed by atoms with Gasteiger partial charge in [0.25, 0.3) is 0 Å². The van der Waals surface area contributed by atoms with Gasteiger partial charge in [-0.3, -0.25) is 0 Å². The lowest BCUT2D eigenvalue weighted by Gasteiger charge is -2.06. The van der Waals surface area contributed by atoms with Gasteiger partial charge in [-0.05, 0) is 19.1 Å². The molecule has 0 aliphatic carbocycles. The molecule has 0 radical (unpaired) electrons. The second kappa shape index (κ2) is 5.70. The zero-order valence-electron chi connectivity index (χ0n) is 7.84. The van der Waals surface area contributed by atoms with Crippen LogP contribution in [0.4, 0.5) is 0 Å². The van der Waals surface area contributed by atoms with E-state index >= 15 is 0 Å². The Kier molecular flexibility index (Phi) is 4.52. The van der Waals surface area contributed by atoms with Crippen molar-refractivity contribution in [2.24, 2.45) is 0 Å². The Balaban J connectivity index is 2.26. The van der Waals surface area contributed by atoms with Crippen LogP contribution in [0.15, 0.2) is 41.8 Å². The van der Waals surface area contributed by atoms with Gasteiger partial charge in [0.1, 0.15) is 0 Å². The molecule has 0 heterocycles.